The van der Waals surface area contributed by atoms with E-state index in [9.17, 15) is 5.11 Å². The molecule has 1 aliphatic heterocycles. The van der Waals surface area contributed by atoms with E-state index in [0.29, 0.717) is 12.3 Å². The molecule has 20 heavy (non-hydrogen) atoms. The molecule has 110 valence electrons. The topological polar surface area (TPSA) is 38.7 Å². The van der Waals surface area contributed by atoms with Crippen LogP contribution in [-0.2, 0) is 0 Å². The van der Waals surface area contributed by atoms with Gasteiger partial charge >= 0.3 is 0 Å². The van der Waals surface area contributed by atoms with Crippen LogP contribution < -0.4 is 9.47 Å². The predicted octanol–water partition coefficient (Wildman–Crippen LogP) is 3.71. The molecule has 1 aliphatic carbocycles. The van der Waals surface area contributed by atoms with Gasteiger partial charge in [0.2, 0.25) is 0 Å². The van der Waals surface area contributed by atoms with E-state index in [2.05, 4.69) is 13.8 Å². The van der Waals surface area contributed by atoms with E-state index < -0.39 is 6.10 Å². The summed E-state index contributed by atoms with van der Waals surface area (Å²) in [5.74, 6) is 2.99. The fraction of sp³-hybridized carbons (Fsp3) is 0.647. The molecule has 1 spiro atoms. The second-order valence-corrected chi connectivity index (χ2v) is 6.61. The highest BCUT2D eigenvalue weighted by atomic mass is 16.5. The molecule has 4 atom stereocenters. The molecule has 1 saturated carbocycles. The smallest absolute Gasteiger partial charge is 0.126 e. The zero-order chi connectivity index (χ0) is 14.3. The van der Waals surface area contributed by atoms with Crippen molar-refractivity contribution in [2.45, 2.75) is 51.2 Å². The van der Waals surface area contributed by atoms with Crippen molar-refractivity contribution in [1.82, 2.24) is 0 Å². The Hall–Kier alpha value is -1.22. The molecule has 3 nitrogen and oxygen atoms in total. The largest absolute Gasteiger partial charge is 0.497 e. The standard InChI is InChI=1S/C17H24O3/c1-11-6-7-17(9-12(11)2)10-15(18)14-8-13(19-3)4-5-16(14)20-17/h4-5,8,11-12,15,18H,6-7,9-10H2,1-3H3/t11?,12?,15-,17?/m0/s1. The third kappa shape index (κ3) is 2.28. The zero-order valence-electron chi connectivity index (χ0n) is 12.6. The third-order valence-electron chi connectivity index (χ3n) is 5.19. The maximum absolute atomic E-state index is 10.5. The van der Waals surface area contributed by atoms with Gasteiger partial charge < -0.3 is 14.6 Å². The van der Waals surface area contributed by atoms with Crippen LogP contribution in [0.2, 0.25) is 0 Å². The van der Waals surface area contributed by atoms with E-state index in [1.807, 2.05) is 18.2 Å². The molecule has 1 N–H and O–H groups in total. The molecule has 3 heteroatoms. The minimum Gasteiger partial charge on any atom is -0.497 e. The number of aliphatic hydroxyl groups excluding tert-OH is 1. The lowest BCUT2D eigenvalue weighted by molar-refractivity contribution is -0.0602. The van der Waals surface area contributed by atoms with E-state index in [-0.39, 0.29) is 5.60 Å². The van der Waals surface area contributed by atoms with E-state index in [4.69, 9.17) is 9.47 Å². The maximum Gasteiger partial charge on any atom is 0.126 e. The summed E-state index contributed by atoms with van der Waals surface area (Å²) in [6.45, 7) is 4.61. The fourth-order valence-corrected chi connectivity index (χ4v) is 3.69. The molecular weight excluding hydrogens is 252 g/mol. The summed E-state index contributed by atoms with van der Waals surface area (Å²) in [7, 11) is 1.64. The van der Waals surface area contributed by atoms with Gasteiger partial charge in [0.25, 0.3) is 0 Å². The number of methoxy groups -OCH3 is 1. The summed E-state index contributed by atoms with van der Waals surface area (Å²) in [4.78, 5) is 0. The lowest BCUT2D eigenvalue weighted by Crippen LogP contribution is -2.46. The van der Waals surface area contributed by atoms with Crippen molar-refractivity contribution in [3.63, 3.8) is 0 Å². The first-order valence-electron chi connectivity index (χ1n) is 7.58. The van der Waals surface area contributed by atoms with Gasteiger partial charge in [-0.25, -0.2) is 0 Å². The molecule has 3 rings (SSSR count). The Morgan fingerprint density at radius 2 is 2.05 bits per heavy atom. The fourth-order valence-electron chi connectivity index (χ4n) is 3.69. The van der Waals surface area contributed by atoms with Crippen LogP contribution in [0.1, 0.15) is 51.2 Å². The Kier molecular flexibility index (Phi) is 3.41. The SMILES string of the molecule is COc1ccc2c(c1)[C@@H](O)CC1(CCC(C)C(C)C1)O2. The molecule has 1 fully saturated rings. The van der Waals surface area contributed by atoms with Crippen LogP contribution in [0.25, 0.3) is 0 Å². The Bertz CT molecular complexity index is 499. The number of fused-ring (bicyclic) bond motifs is 1. The van der Waals surface area contributed by atoms with E-state index in [1.165, 1.54) is 6.42 Å². The Morgan fingerprint density at radius 3 is 2.75 bits per heavy atom. The third-order valence-corrected chi connectivity index (χ3v) is 5.19. The van der Waals surface area contributed by atoms with Gasteiger partial charge in [-0.3, -0.25) is 0 Å². The Balaban J connectivity index is 1.89. The summed E-state index contributed by atoms with van der Waals surface area (Å²) in [5.41, 5.74) is 0.689. The molecule has 0 aromatic heterocycles. The Morgan fingerprint density at radius 1 is 1.25 bits per heavy atom. The summed E-state index contributed by atoms with van der Waals surface area (Å²) in [6.07, 6.45) is 3.51. The first-order chi connectivity index (χ1) is 9.53. The van der Waals surface area contributed by atoms with Gasteiger partial charge in [-0.1, -0.05) is 13.8 Å². The van der Waals surface area contributed by atoms with Crippen molar-refractivity contribution >= 4 is 0 Å². The van der Waals surface area contributed by atoms with Crippen molar-refractivity contribution in [2.75, 3.05) is 7.11 Å². The minimum atomic E-state index is -0.450. The minimum absolute atomic E-state index is 0.174. The van der Waals surface area contributed by atoms with Crippen molar-refractivity contribution in [3.8, 4) is 11.5 Å². The Labute approximate surface area is 120 Å². The number of aliphatic hydroxyl groups is 1. The highest BCUT2D eigenvalue weighted by molar-refractivity contribution is 5.43. The number of rotatable bonds is 1. The van der Waals surface area contributed by atoms with Gasteiger partial charge in [0, 0.05) is 12.0 Å². The van der Waals surface area contributed by atoms with Crippen LogP contribution in [-0.4, -0.2) is 17.8 Å². The van der Waals surface area contributed by atoms with Crippen LogP contribution >= 0.6 is 0 Å². The van der Waals surface area contributed by atoms with E-state index in [1.54, 1.807) is 7.11 Å². The molecule has 2 aliphatic rings. The first kappa shape index (κ1) is 13.7. The molecule has 1 aromatic carbocycles. The maximum atomic E-state index is 10.5. The van der Waals surface area contributed by atoms with Crippen LogP contribution in [0.4, 0.5) is 0 Å². The van der Waals surface area contributed by atoms with Crippen LogP contribution in [0.15, 0.2) is 18.2 Å². The molecule has 1 heterocycles. The molecule has 0 radical (unpaired) electrons. The average molecular weight is 276 g/mol. The molecule has 0 bridgehead atoms. The van der Waals surface area contributed by atoms with Crippen molar-refractivity contribution in [3.05, 3.63) is 23.8 Å². The zero-order valence-corrected chi connectivity index (χ0v) is 12.6. The second-order valence-electron chi connectivity index (χ2n) is 6.61. The quantitative estimate of drug-likeness (QED) is 0.850. The van der Waals surface area contributed by atoms with Crippen molar-refractivity contribution in [2.24, 2.45) is 11.8 Å². The van der Waals surface area contributed by atoms with Crippen molar-refractivity contribution in [1.29, 1.82) is 0 Å². The molecule has 3 unspecified atom stereocenters. The van der Waals surface area contributed by atoms with Gasteiger partial charge in [-0.05, 0) is 49.3 Å². The monoisotopic (exact) mass is 276 g/mol. The lowest BCUT2D eigenvalue weighted by atomic mass is 9.69. The lowest BCUT2D eigenvalue weighted by Gasteiger charge is -2.46. The molecule has 0 saturated heterocycles. The molecular formula is C17H24O3. The average Bonchev–Trinajstić information content (AvgIpc) is 2.43. The summed E-state index contributed by atoms with van der Waals surface area (Å²) < 4.78 is 11.6. The number of benzene rings is 1. The van der Waals surface area contributed by atoms with Gasteiger partial charge in [0.1, 0.15) is 17.1 Å². The van der Waals surface area contributed by atoms with E-state index in [0.717, 1.165) is 35.8 Å². The highest BCUT2D eigenvalue weighted by Gasteiger charge is 2.44. The summed E-state index contributed by atoms with van der Waals surface area (Å²) >= 11 is 0. The molecule has 0 amide bonds. The first-order valence-corrected chi connectivity index (χ1v) is 7.58. The van der Waals surface area contributed by atoms with Crippen LogP contribution in [0.5, 0.6) is 11.5 Å². The van der Waals surface area contributed by atoms with E-state index >= 15 is 0 Å². The number of hydrogen-bond donors (Lipinski definition) is 1. The van der Waals surface area contributed by atoms with Gasteiger partial charge in [-0.15, -0.1) is 0 Å². The van der Waals surface area contributed by atoms with Crippen molar-refractivity contribution < 1.29 is 14.6 Å². The predicted molar refractivity (Wildman–Crippen MR) is 78.1 cm³/mol. The summed E-state index contributed by atoms with van der Waals surface area (Å²) in [5, 5.41) is 10.5. The van der Waals surface area contributed by atoms with Gasteiger partial charge in [-0.2, -0.15) is 0 Å². The second kappa shape index (κ2) is 4.96. The normalized spacial score (nSPS) is 36.3. The number of ether oxygens (including phenoxy) is 2. The van der Waals surface area contributed by atoms with Crippen LogP contribution in [0.3, 0.4) is 0 Å². The number of hydrogen-bond acceptors (Lipinski definition) is 3. The molecule has 1 aromatic rings. The summed E-state index contributed by atoms with van der Waals surface area (Å²) in [6, 6.07) is 5.72. The highest BCUT2D eigenvalue weighted by Crippen LogP contribution is 2.49. The van der Waals surface area contributed by atoms with Gasteiger partial charge in [0.15, 0.2) is 0 Å². The van der Waals surface area contributed by atoms with Crippen LogP contribution in [0, 0.1) is 11.8 Å². The van der Waals surface area contributed by atoms with Gasteiger partial charge in [0.05, 0.1) is 13.2 Å².